The van der Waals surface area contributed by atoms with Crippen LogP contribution in [0.2, 0.25) is 0 Å². The number of nitrogens with one attached hydrogen (secondary N) is 2. The van der Waals surface area contributed by atoms with Crippen molar-refractivity contribution in [2.45, 2.75) is 39.3 Å². The Labute approximate surface area is 182 Å². The molecule has 0 bridgehead atoms. The van der Waals surface area contributed by atoms with Crippen LogP contribution in [-0.4, -0.2) is 55.8 Å². The summed E-state index contributed by atoms with van der Waals surface area (Å²) in [6.07, 6.45) is 3.39. The first kappa shape index (κ1) is 21.0. The highest BCUT2D eigenvalue weighted by atomic mass is 32.1. The number of pyridine rings is 1. The summed E-state index contributed by atoms with van der Waals surface area (Å²) in [5.41, 5.74) is 1.33. The molecule has 31 heavy (non-hydrogen) atoms. The third kappa shape index (κ3) is 4.61. The fourth-order valence-corrected chi connectivity index (χ4v) is 4.42. The van der Waals surface area contributed by atoms with Crippen LogP contribution in [0.15, 0.2) is 18.5 Å². The lowest BCUT2D eigenvalue weighted by molar-refractivity contribution is -0.119. The third-order valence-corrected chi connectivity index (χ3v) is 5.98. The van der Waals surface area contributed by atoms with Gasteiger partial charge in [-0.05, 0) is 31.9 Å². The zero-order valence-corrected chi connectivity index (χ0v) is 18.2. The Morgan fingerprint density at radius 2 is 2.10 bits per heavy atom. The van der Waals surface area contributed by atoms with Gasteiger partial charge in [-0.25, -0.2) is 14.4 Å². The summed E-state index contributed by atoms with van der Waals surface area (Å²) in [6, 6.07) is 0.980. The van der Waals surface area contributed by atoms with Crippen molar-refractivity contribution in [3.05, 3.63) is 40.5 Å². The van der Waals surface area contributed by atoms with Crippen molar-refractivity contribution in [3.8, 4) is 0 Å². The Balaban J connectivity index is 1.62. The Morgan fingerprint density at radius 3 is 2.84 bits per heavy atom. The zero-order chi connectivity index (χ0) is 22.1. The van der Waals surface area contributed by atoms with E-state index in [1.807, 2.05) is 13.8 Å². The van der Waals surface area contributed by atoms with Crippen molar-refractivity contribution >= 4 is 39.4 Å². The highest BCUT2D eigenvalue weighted by molar-refractivity contribution is 7.18. The largest absolute Gasteiger partial charge is 0.352 e. The molecule has 4 heterocycles. The van der Waals surface area contributed by atoms with Gasteiger partial charge in [0, 0.05) is 32.3 Å². The molecular weight excluding hydrogens is 421 g/mol. The molecule has 0 saturated carbocycles. The number of carbonyl (C=O) groups excluding carboxylic acids is 2. The molecule has 0 unspecified atom stereocenters. The molecule has 9 nitrogen and oxygen atoms in total. The SMILES string of the molecule is CC(=O)N[C@@H]1CCN(C(=O)c2nc(N[C@@H](C)c3cncc(F)c3)nc3nc(C)sc23)C1. The molecular formula is C20H22FN7O2S. The molecule has 0 aliphatic carbocycles. The maximum absolute atomic E-state index is 13.5. The zero-order valence-electron chi connectivity index (χ0n) is 17.3. The number of carbonyl (C=O) groups is 2. The number of anilines is 1. The number of halogens is 1. The second kappa shape index (κ2) is 8.50. The van der Waals surface area contributed by atoms with Gasteiger partial charge in [0.2, 0.25) is 11.9 Å². The molecule has 3 aromatic heterocycles. The quantitative estimate of drug-likeness (QED) is 0.623. The van der Waals surface area contributed by atoms with Crippen LogP contribution >= 0.6 is 11.3 Å². The van der Waals surface area contributed by atoms with E-state index < -0.39 is 5.82 Å². The molecule has 2 atom stereocenters. The normalized spacial score (nSPS) is 17.0. The lowest BCUT2D eigenvalue weighted by atomic mass is 10.1. The number of nitrogens with zero attached hydrogens (tertiary/aromatic N) is 5. The molecule has 4 rings (SSSR count). The summed E-state index contributed by atoms with van der Waals surface area (Å²) in [6.45, 7) is 6.09. The lowest BCUT2D eigenvalue weighted by Crippen LogP contribution is -2.37. The number of thiazole rings is 1. The Hall–Kier alpha value is -3.21. The minimum absolute atomic E-state index is 0.0694. The average molecular weight is 444 g/mol. The van der Waals surface area contributed by atoms with Crippen LogP contribution in [0.25, 0.3) is 10.3 Å². The number of likely N-dealkylation sites (tertiary alicyclic amines) is 1. The van der Waals surface area contributed by atoms with Gasteiger partial charge in [0.25, 0.3) is 5.91 Å². The molecule has 0 aromatic carbocycles. The van der Waals surface area contributed by atoms with Crippen molar-refractivity contribution in [2.24, 2.45) is 0 Å². The molecule has 1 fully saturated rings. The second-order valence-electron chi connectivity index (χ2n) is 7.52. The molecule has 1 aliphatic heterocycles. The van der Waals surface area contributed by atoms with Gasteiger partial charge in [0.15, 0.2) is 11.3 Å². The fourth-order valence-electron chi connectivity index (χ4n) is 3.58. The van der Waals surface area contributed by atoms with Gasteiger partial charge in [-0.1, -0.05) is 0 Å². The van der Waals surface area contributed by atoms with Gasteiger partial charge in [-0.3, -0.25) is 14.6 Å². The molecule has 11 heteroatoms. The monoisotopic (exact) mass is 443 g/mol. The first-order chi connectivity index (χ1) is 14.8. The molecule has 2 N–H and O–H groups in total. The van der Waals surface area contributed by atoms with Crippen molar-refractivity contribution in [1.82, 2.24) is 30.2 Å². The maximum atomic E-state index is 13.5. The van der Waals surface area contributed by atoms with Gasteiger partial charge in [-0.15, -0.1) is 11.3 Å². The molecule has 0 radical (unpaired) electrons. The summed E-state index contributed by atoms with van der Waals surface area (Å²) in [7, 11) is 0. The van der Waals surface area contributed by atoms with Crippen LogP contribution in [0.5, 0.6) is 0 Å². The molecule has 1 saturated heterocycles. The van der Waals surface area contributed by atoms with E-state index in [4.69, 9.17) is 0 Å². The number of hydrogen-bond acceptors (Lipinski definition) is 8. The molecule has 162 valence electrons. The number of rotatable bonds is 5. The summed E-state index contributed by atoms with van der Waals surface area (Å²) in [5, 5.41) is 6.74. The van der Waals surface area contributed by atoms with Gasteiger partial charge in [0.1, 0.15) is 10.5 Å². The molecule has 2 amide bonds. The smallest absolute Gasteiger partial charge is 0.274 e. The second-order valence-corrected chi connectivity index (χ2v) is 8.72. The van der Waals surface area contributed by atoms with Crippen LogP contribution in [0, 0.1) is 12.7 Å². The minimum atomic E-state index is -0.434. The van der Waals surface area contributed by atoms with E-state index in [-0.39, 0.29) is 35.5 Å². The Bertz CT molecular complexity index is 1150. The van der Waals surface area contributed by atoms with Crippen molar-refractivity contribution in [1.29, 1.82) is 0 Å². The first-order valence-electron chi connectivity index (χ1n) is 9.88. The van der Waals surface area contributed by atoms with Crippen molar-refractivity contribution in [3.63, 3.8) is 0 Å². The van der Waals surface area contributed by atoms with Crippen LogP contribution in [0.1, 0.15) is 47.4 Å². The summed E-state index contributed by atoms with van der Waals surface area (Å²) < 4.78 is 14.1. The number of aromatic nitrogens is 4. The standard InChI is InChI=1S/C20H22FN7O2S/c1-10(13-6-14(21)8-22-7-13)23-20-26-16(17-18(27-20)25-12(3)31-17)19(30)28-5-4-15(9-28)24-11(2)29/h6-8,10,15H,4-5,9H2,1-3H3,(H,24,29)(H,23,26,27)/t10-,15+/m0/s1. The van der Waals surface area contributed by atoms with Crippen LogP contribution in [0.4, 0.5) is 10.3 Å². The van der Waals surface area contributed by atoms with Crippen LogP contribution < -0.4 is 10.6 Å². The average Bonchev–Trinajstić information content (AvgIpc) is 3.32. The molecule has 1 aliphatic rings. The predicted molar refractivity (Wildman–Crippen MR) is 114 cm³/mol. The Kier molecular flexibility index (Phi) is 5.77. The minimum Gasteiger partial charge on any atom is -0.352 e. The number of aryl methyl sites for hydroxylation is 1. The van der Waals surface area contributed by atoms with E-state index in [9.17, 15) is 14.0 Å². The van der Waals surface area contributed by atoms with E-state index >= 15 is 0 Å². The maximum Gasteiger partial charge on any atom is 0.274 e. The van der Waals surface area contributed by atoms with E-state index in [0.717, 1.165) is 11.2 Å². The lowest BCUT2D eigenvalue weighted by Gasteiger charge is -2.18. The molecule has 0 spiro atoms. The Morgan fingerprint density at radius 1 is 1.29 bits per heavy atom. The summed E-state index contributed by atoms with van der Waals surface area (Å²) in [5.74, 6) is -0.548. The van der Waals surface area contributed by atoms with Gasteiger partial charge in [-0.2, -0.15) is 4.98 Å². The number of hydrogen-bond donors (Lipinski definition) is 2. The van der Waals surface area contributed by atoms with E-state index in [1.165, 1.54) is 24.3 Å². The first-order valence-corrected chi connectivity index (χ1v) is 10.7. The van der Waals surface area contributed by atoms with Crippen molar-refractivity contribution in [2.75, 3.05) is 18.4 Å². The van der Waals surface area contributed by atoms with E-state index in [1.54, 1.807) is 11.1 Å². The van der Waals surface area contributed by atoms with Crippen molar-refractivity contribution < 1.29 is 14.0 Å². The van der Waals surface area contributed by atoms with E-state index in [2.05, 4.69) is 30.6 Å². The van der Waals surface area contributed by atoms with Crippen LogP contribution in [0.3, 0.4) is 0 Å². The highest BCUT2D eigenvalue weighted by Crippen LogP contribution is 2.27. The summed E-state index contributed by atoms with van der Waals surface area (Å²) >= 11 is 1.36. The highest BCUT2D eigenvalue weighted by Gasteiger charge is 2.30. The van der Waals surface area contributed by atoms with Gasteiger partial charge < -0.3 is 15.5 Å². The van der Waals surface area contributed by atoms with Gasteiger partial charge in [0.05, 0.1) is 17.2 Å². The van der Waals surface area contributed by atoms with E-state index in [0.29, 0.717) is 35.4 Å². The number of amides is 2. The molecule has 3 aromatic rings. The fraction of sp³-hybridized carbons (Fsp3) is 0.400. The summed E-state index contributed by atoms with van der Waals surface area (Å²) in [4.78, 5) is 43.5. The topological polar surface area (TPSA) is 113 Å². The third-order valence-electron chi connectivity index (χ3n) is 5.02. The van der Waals surface area contributed by atoms with Crippen LogP contribution in [-0.2, 0) is 4.79 Å². The van der Waals surface area contributed by atoms with Gasteiger partial charge >= 0.3 is 0 Å². The predicted octanol–water partition coefficient (Wildman–Crippen LogP) is 2.45. The number of fused-ring (bicyclic) bond motifs is 1.